The average molecular weight is 501 g/mol. The van der Waals surface area contributed by atoms with Crippen molar-refractivity contribution in [2.75, 3.05) is 12.0 Å². The number of aromatic nitrogens is 2. The van der Waals surface area contributed by atoms with E-state index in [0.29, 0.717) is 24.3 Å². The van der Waals surface area contributed by atoms with E-state index >= 15 is 0 Å². The molecule has 1 rings (SSSR count). The molecule has 1 aromatic rings. The van der Waals surface area contributed by atoms with Crippen molar-refractivity contribution < 1.29 is 29.4 Å². The second-order valence-electron chi connectivity index (χ2n) is 8.17. The number of aliphatic hydroxyl groups is 1. The second-order valence-corrected chi connectivity index (χ2v) is 9.15. The van der Waals surface area contributed by atoms with E-state index in [1.807, 2.05) is 6.26 Å². The van der Waals surface area contributed by atoms with E-state index in [2.05, 4.69) is 25.9 Å². The van der Waals surface area contributed by atoms with Crippen LogP contribution >= 0.6 is 11.8 Å². The third-order valence-corrected chi connectivity index (χ3v) is 6.07. The summed E-state index contributed by atoms with van der Waals surface area (Å²) in [5, 5.41) is 27.0. The number of nitrogens with two attached hydrogens (primary N) is 1. The fourth-order valence-corrected chi connectivity index (χ4v) is 3.56. The number of H-pyrrole nitrogens is 1. The Morgan fingerprint density at radius 2 is 1.76 bits per heavy atom. The van der Waals surface area contributed by atoms with Crippen molar-refractivity contribution in [1.82, 2.24) is 25.9 Å². The maximum absolute atomic E-state index is 13.1. The highest BCUT2D eigenvalue weighted by molar-refractivity contribution is 7.98. The molecule has 0 aliphatic heterocycles. The molecule has 0 saturated heterocycles. The van der Waals surface area contributed by atoms with Gasteiger partial charge in [-0.3, -0.25) is 14.4 Å². The van der Waals surface area contributed by atoms with Crippen LogP contribution in [0.1, 0.15) is 39.3 Å². The first kappa shape index (κ1) is 29.4. The Balaban J connectivity index is 3.01. The van der Waals surface area contributed by atoms with Crippen LogP contribution in [0.4, 0.5) is 0 Å². The Morgan fingerprint density at radius 3 is 2.26 bits per heavy atom. The number of carbonyl (C=O) groups excluding carboxylic acids is 3. The molecule has 6 atom stereocenters. The first-order valence-electron chi connectivity index (χ1n) is 11.0. The number of thioether (sulfide) groups is 1. The van der Waals surface area contributed by atoms with E-state index < -0.39 is 54.0 Å². The lowest BCUT2D eigenvalue weighted by molar-refractivity contribution is -0.144. The van der Waals surface area contributed by atoms with Gasteiger partial charge in [-0.25, -0.2) is 9.78 Å². The fraction of sp³-hybridized carbons (Fsp3) is 0.667. The summed E-state index contributed by atoms with van der Waals surface area (Å²) in [6, 6.07) is -4.57. The van der Waals surface area contributed by atoms with Crippen molar-refractivity contribution in [3.8, 4) is 0 Å². The minimum Gasteiger partial charge on any atom is -0.480 e. The summed E-state index contributed by atoms with van der Waals surface area (Å²) in [5.41, 5.74) is 6.47. The van der Waals surface area contributed by atoms with Gasteiger partial charge in [-0.1, -0.05) is 20.3 Å². The van der Waals surface area contributed by atoms with Gasteiger partial charge in [0.15, 0.2) is 0 Å². The van der Waals surface area contributed by atoms with Gasteiger partial charge in [0.25, 0.3) is 0 Å². The molecule has 0 aliphatic carbocycles. The number of aliphatic carboxylic acids is 1. The van der Waals surface area contributed by atoms with Gasteiger partial charge in [0.2, 0.25) is 17.7 Å². The van der Waals surface area contributed by atoms with Crippen molar-refractivity contribution in [1.29, 1.82) is 0 Å². The van der Waals surface area contributed by atoms with Gasteiger partial charge in [0, 0.05) is 18.3 Å². The summed E-state index contributed by atoms with van der Waals surface area (Å²) in [6.07, 6.45) is 4.41. The van der Waals surface area contributed by atoms with E-state index in [0.717, 1.165) is 0 Å². The number of imidazole rings is 1. The van der Waals surface area contributed by atoms with E-state index in [1.54, 1.807) is 13.8 Å². The molecular formula is C21H36N6O6S. The number of rotatable bonds is 15. The monoisotopic (exact) mass is 500 g/mol. The van der Waals surface area contributed by atoms with Gasteiger partial charge < -0.3 is 36.9 Å². The molecule has 13 heteroatoms. The van der Waals surface area contributed by atoms with E-state index in [4.69, 9.17) is 5.73 Å². The van der Waals surface area contributed by atoms with Crippen LogP contribution in [0.3, 0.4) is 0 Å². The van der Waals surface area contributed by atoms with Crippen LogP contribution in [0.25, 0.3) is 0 Å². The molecule has 8 N–H and O–H groups in total. The quantitative estimate of drug-likeness (QED) is 0.158. The third kappa shape index (κ3) is 9.31. The Bertz CT molecular complexity index is 806. The minimum atomic E-state index is -1.44. The Morgan fingerprint density at radius 1 is 1.12 bits per heavy atom. The molecule has 6 unspecified atom stereocenters. The predicted molar refractivity (Wildman–Crippen MR) is 128 cm³/mol. The van der Waals surface area contributed by atoms with Crippen LogP contribution in [0, 0.1) is 5.92 Å². The van der Waals surface area contributed by atoms with Crippen molar-refractivity contribution in [3.05, 3.63) is 18.2 Å². The number of nitrogens with zero attached hydrogens (tertiary/aromatic N) is 1. The maximum Gasteiger partial charge on any atom is 0.326 e. The number of hydrogen-bond donors (Lipinski definition) is 7. The lowest BCUT2D eigenvalue weighted by Crippen LogP contribution is -2.60. The van der Waals surface area contributed by atoms with Crippen LogP contribution in [0.2, 0.25) is 0 Å². The molecule has 0 bridgehead atoms. The molecule has 192 valence electrons. The SMILES string of the molecule is CCC(C)C(NC(=O)C(NC(=O)C(Cc1cnc[nH]1)NC(=O)C(N)CCSC)C(C)O)C(=O)O. The standard InChI is InChI=1S/C21H36N6O6S/c1-5-11(2)16(21(32)33)26-20(31)17(12(3)28)27-19(30)15(8-13-9-23-10-24-13)25-18(29)14(22)6-7-34-4/h9-12,14-17,28H,5-8,22H2,1-4H3,(H,23,24)(H,25,29)(H,26,31)(H,27,30)(H,32,33). The van der Waals surface area contributed by atoms with Gasteiger partial charge >= 0.3 is 5.97 Å². The number of nitrogens with one attached hydrogen (secondary N) is 4. The molecule has 3 amide bonds. The van der Waals surface area contributed by atoms with E-state index in [9.17, 15) is 29.4 Å². The molecule has 0 aliphatic rings. The molecule has 1 aromatic heterocycles. The molecule has 0 spiro atoms. The van der Waals surface area contributed by atoms with Crippen LogP contribution in [-0.4, -0.2) is 86.2 Å². The van der Waals surface area contributed by atoms with Crippen LogP contribution in [0.15, 0.2) is 12.5 Å². The molecular weight excluding hydrogens is 464 g/mol. The zero-order chi connectivity index (χ0) is 25.8. The molecule has 0 aromatic carbocycles. The normalized spacial score (nSPS) is 16.4. The van der Waals surface area contributed by atoms with Crippen molar-refractivity contribution >= 4 is 35.5 Å². The van der Waals surface area contributed by atoms with Crippen LogP contribution in [0.5, 0.6) is 0 Å². The zero-order valence-electron chi connectivity index (χ0n) is 19.9. The number of carbonyl (C=O) groups is 4. The van der Waals surface area contributed by atoms with Gasteiger partial charge in [-0.2, -0.15) is 11.8 Å². The van der Waals surface area contributed by atoms with Crippen LogP contribution in [-0.2, 0) is 25.6 Å². The topological polar surface area (TPSA) is 200 Å². The Hall–Kier alpha value is -2.64. The smallest absolute Gasteiger partial charge is 0.326 e. The summed E-state index contributed by atoms with van der Waals surface area (Å²) >= 11 is 1.53. The number of amides is 3. The fourth-order valence-electron chi connectivity index (χ4n) is 3.07. The lowest BCUT2D eigenvalue weighted by Gasteiger charge is -2.27. The van der Waals surface area contributed by atoms with Crippen molar-refractivity contribution in [3.63, 3.8) is 0 Å². The third-order valence-electron chi connectivity index (χ3n) is 5.42. The largest absolute Gasteiger partial charge is 0.480 e. The van der Waals surface area contributed by atoms with Gasteiger partial charge in [0.05, 0.1) is 18.5 Å². The molecule has 34 heavy (non-hydrogen) atoms. The number of carboxylic acid groups (broad SMARTS) is 1. The molecule has 12 nitrogen and oxygen atoms in total. The van der Waals surface area contributed by atoms with E-state index in [1.165, 1.54) is 31.2 Å². The van der Waals surface area contributed by atoms with Gasteiger partial charge in [0.1, 0.15) is 18.1 Å². The maximum atomic E-state index is 13.1. The summed E-state index contributed by atoms with van der Waals surface area (Å²) < 4.78 is 0. The molecule has 1 heterocycles. The number of aliphatic hydroxyl groups excluding tert-OH is 1. The van der Waals surface area contributed by atoms with Gasteiger partial charge in [-0.05, 0) is 31.3 Å². The highest BCUT2D eigenvalue weighted by Crippen LogP contribution is 2.09. The van der Waals surface area contributed by atoms with Gasteiger partial charge in [-0.15, -0.1) is 0 Å². The molecule has 0 fully saturated rings. The average Bonchev–Trinajstić information content (AvgIpc) is 3.30. The van der Waals surface area contributed by atoms with Crippen LogP contribution < -0.4 is 21.7 Å². The first-order chi connectivity index (χ1) is 16.0. The van der Waals surface area contributed by atoms with Crippen molar-refractivity contribution in [2.24, 2.45) is 11.7 Å². The number of carboxylic acids is 1. The number of hydrogen-bond acceptors (Lipinski definition) is 8. The predicted octanol–water partition coefficient (Wildman–Crippen LogP) is -1.00. The van der Waals surface area contributed by atoms with Crippen molar-refractivity contribution in [2.45, 2.75) is 70.3 Å². The zero-order valence-corrected chi connectivity index (χ0v) is 20.7. The summed E-state index contributed by atoms with van der Waals surface area (Å²) in [4.78, 5) is 56.7. The molecule has 0 radical (unpaired) electrons. The lowest BCUT2D eigenvalue weighted by atomic mass is 9.98. The van der Waals surface area contributed by atoms with E-state index in [-0.39, 0.29) is 12.3 Å². The highest BCUT2D eigenvalue weighted by Gasteiger charge is 2.34. The first-order valence-corrected chi connectivity index (χ1v) is 12.4. The minimum absolute atomic E-state index is 0.0333. The Kier molecular flexibility index (Phi) is 12.6. The Labute approximate surface area is 203 Å². The summed E-state index contributed by atoms with van der Waals surface area (Å²) in [5.74, 6) is -3.05. The summed E-state index contributed by atoms with van der Waals surface area (Å²) in [7, 11) is 0. The second kappa shape index (κ2) is 14.6. The molecule has 0 saturated carbocycles. The number of aromatic amines is 1. The highest BCUT2D eigenvalue weighted by atomic mass is 32.2. The summed E-state index contributed by atoms with van der Waals surface area (Å²) in [6.45, 7) is 4.75.